The van der Waals surface area contributed by atoms with E-state index in [1.54, 1.807) is 12.1 Å². The Bertz CT molecular complexity index is 1470. The first kappa shape index (κ1) is 26.1. The minimum absolute atomic E-state index is 0.0122. The van der Waals surface area contributed by atoms with E-state index in [9.17, 15) is 31.1 Å². The minimum Gasteiger partial charge on any atom is -0.397 e. The first-order valence-electron chi connectivity index (χ1n) is 10.4. The summed E-state index contributed by atoms with van der Waals surface area (Å²) in [7, 11) is 0. The number of carbonyl (C=O) groups excluding carboxylic acids is 1. The number of carbonyl (C=O) groups is 1. The molecule has 2 N–H and O–H groups in total. The third-order valence-electron chi connectivity index (χ3n) is 5.41. The minimum atomic E-state index is -5.00. The molecule has 0 amide bonds. The van der Waals surface area contributed by atoms with Crippen LogP contribution in [0, 0.1) is 6.92 Å². The number of ketones is 1. The lowest BCUT2D eigenvalue weighted by Crippen LogP contribution is -2.13. The summed E-state index contributed by atoms with van der Waals surface area (Å²) in [5.74, 6) is -0.588. The van der Waals surface area contributed by atoms with Crippen LogP contribution in [-0.4, -0.2) is 31.0 Å². The highest BCUT2D eigenvalue weighted by atomic mass is 35.5. The molecule has 0 saturated heterocycles. The highest BCUT2D eigenvalue weighted by molar-refractivity contribution is 6.35. The Hall–Kier alpha value is -4.00. The van der Waals surface area contributed by atoms with Crippen molar-refractivity contribution in [3.05, 3.63) is 87.2 Å². The van der Waals surface area contributed by atoms with Crippen molar-refractivity contribution in [2.75, 3.05) is 5.73 Å². The lowest BCUT2D eigenvalue weighted by atomic mass is 9.99. The van der Waals surface area contributed by atoms with Gasteiger partial charge in [-0.15, -0.1) is 10.2 Å². The van der Waals surface area contributed by atoms with E-state index in [1.807, 2.05) is 0 Å². The summed E-state index contributed by atoms with van der Waals surface area (Å²) in [6, 6.07) is 7.44. The zero-order chi connectivity index (χ0) is 27.1. The number of nitrogens with zero attached hydrogens (tertiary/aromatic N) is 5. The van der Waals surface area contributed by atoms with Crippen LogP contribution in [0.3, 0.4) is 0 Å². The van der Waals surface area contributed by atoms with Gasteiger partial charge in [-0.2, -0.15) is 31.4 Å². The van der Waals surface area contributed by atoms with Crippen molar-refractivity contribution in [1.82, 2.24) is 25.2 Å². The maximum absolute atomic E-state index is 13.3. The Balaban J connectivity index is 1.77. The molecule has 0 radical (unpaired) electrons. The molecule has 4 aromatic rings. The van der Waals surface area contributed by atoms with E-state index in [1.165, 1.54) is 19.1 Å². The summed E-state index contributed by atoms with van der Waals surface area (Å²) < 4.78 is 80.5. The topological polar surface area (TPSA) is 99.6 Å². The molecule has 37 heavy (non-hydrogen) atoms. The highest BCUT2D eigenvalue weighted by Crippen LogP contribution is 2.37. The monoisotopic (exact) mass is 540 g/mol. The first-order chi connectivity index (χ1) is 17.3. The SMILES string of the molecule is Cc1c(-c2nncc(N)c2C(=O)c2ccccc2Cl)nnn1Cc1cc(C(F)(F)F)cc(C(F)(F)F)c1. The van der Waals surface area contributed by atoms with Gasteiger partial charge in [0.15, 0.2) is 5.78 Å². The van der Waals surface area contributed by atoms with Gasteiger partial charge in [0.05, 0.1) is 45.8 Å². The molecule has 0 aliphatic heterocycles. The van der Waals surface area contributed by atoms with Gasteiger partial charge in [-0.25, -0.2) is 4.68 Å². The van der Waals surface area contributed by atoms with Crippen molar-refractivity contribution in [2.24, 2.45) is 0 Å². The van der Waals surface area contributed by atoms with Crippen molar-refractivity contribution in [2.45, 2.75) is 25.8 Å². The molecule has 4 rings (SSSR count). The number of nitrogen functional groups attached to an aromatic ring is 1. The van der Waals surface area contributed by atoms with Crippen LogP contribution in [0.15, 0.2) is 48.7 Å². The molecule has 0 saturated carbocycles. The van der Waals surface area contributed by atoms with Crippen LogP contribution in [0.25, 0.3) is 11.4 Å². The van der Waals surface area contributed by atoms with Gasteiger partial charge >= 0.3 is 12.4 Å². The van der Waals surface area contributed by atoms with Gasteiger partial charge in [-0.1, -0.05) is 28.9 Å². The van der Waals surface area contributed by atoms with Crippen LogP contribution in [0.1, 0.15) is 38.3 Å². The molecule has 2 heterocycles. The third-order valence-corrected chi connectivity index (χ3v) is 5.74. The third kappa shape index (κ3) is 5.26. The fraction of sp³-hybridized carbons (Fsp3) is 0.174. The number of rotatable bonds is 5. The molecular weight excluding hydrogens is 526 g/mol. The molecule has 0 aliphatic rings. The summed E-state index contributed by atoms with van der Waals surface area (Å²) in [5.41, 5.74) is 2.91. The number of hydrogen-bond acceptors (Lipinski definition) is 6. The molecule has 192 valence electrons. The van der Waals surface area contributed by atoms with E-state index in [2.05, 4.69) is 20.5 Å². The van der Waals surface area contributed by atoms with Gasteiger partial charge in [0.2, 0.25) is 0 Å². The van der Waals surface area contributed by atoms with Crippen LogP contribution in [0.5, 0.6) is 0 Å². The molecule has 0 spiro atoms. The fourth-order valence-electron chi connectivity index (χ4n) is 3.60. The summed E-state index contributed by atoms with van der Waals surface area (Å²) >= 11 is 6.15. The van der Waals surface area contributed by atoms with Gasteiger partial charge in [0.25, 0.3) is 0 Å². The molecule has 2 aromatic carbocycles. The van der Waals surface area contributed by atoms with Crippen molar-refractivity contribution in [1.29, 1.82) is 0 Å². The summed E-state index contributed by atoms with van der Waals surface area (Å²) in [6.07, 6.45) is -8.85. The molecule has 2 aromatic heterocycles. The maximum atomic E-state index is 13.3. The van der Waals surface area contributed by atoms with Crippen LogP contribution < -0.4 is 5.73 Å². The lowest BCUT2D eigenvalue weighted by molar-refractivity contribution is -0.143. The summed E-state index contributed by atoms with van der Waals surface area (Å²) in [5, 5.41) is 15.6. The Morgan fingerprint density at radius 1 is 0.973 bits per heavy atom. The second-order valence-corrected chi connectivity index (χ2v) is 8.33. The number of halogens is 7. The standard InChI is InChI=1S/C23H15ClF6N6O/c1-11-19(20-18(17(31)9-32-33-20)21(37)15-4-2-3-5-16(15)24)34-35-36(11)10-12-6-13(22(25,26)27)8-14(7-12)23(28,29)30/h2-9H,10H2,1H3,(H2,31,33). The van der Waals surface area contributed by atoms with Crippen LogP contribution in [0.4, 0.5) is 32.0 Å². The maximum Gasteiger partial charge on any atom is 0.416 e. The zero-order valence-electron chi connectivity index (χ0n) is 18.7. The highest BCUT2D eigenvalue weighted by Gasteiger charge is 2.37. The summed E-state index contributed by atoms with van der Waals surface area (Å²) in [4.78, 5) is 13.3. The Kier molecular flexibility index (Phi) is 6.67. The average Bonchev–Trinajstić information content (AvgIpc) is 3.17. The first-order valence-corrected chi connectivity index (χ1v) is 10.7. The molecular formula is C23H15ClF6N6O. The number of hydrogen-bond donors (Lipinski definition) is 1. The van der Waals surface area contributed by atoms with Gasteiger partial charge < -0.3 is 5.73 Å². The van der Waals surface area contributed by atoms with Gasteiger partial charge in [-0.3, -0.25) is 4.79 Å². The van der Waals surface area contributed by atoms with Crippen LogP contribution in [-0.2, 0) is 18.9 Å². The lowest BCUT2D eigenvalue weighted by Gasteiger charge is -2.14. The zero-order valence-corrected chi connectivity index (χ0v) is 19.4. The van der Waals surface area contributed by atoms with Crippen molar-refractivity contribution in [3.8, 4) is 11.4 Å². The quantitative estimate of drug-likeness (QED) is 0.261. The Morgan fingerprint density at radius 3 is 2.19 bits per heavy atom. The molecule has 7 nitrogen and oxygen atoms in total. The van der Waals surface area contributed by atoms with E-state index in [0.717, 1.165) is 10.9 Å². The van der Waals surface area contributed by atoms with Gasteiger partial charge in [-0.05, 0) is 42.8 Å². The second-order valence-electron chi connectivity index (χ2n) is 7.93. The summed E-state index contributed by atoms with van der Waals surface area (Å²) in [6.45, 7) is 0.984. The number of alkyl halides is 6. The average molecular weight is 541 g/mol. The van der Waals surface area contributed by atoms with Crippen LogP contribution >= 0.6 is 11.6 Å². The van der Waals surface area contributed by atoms with Gasteiger partial charge in [0, 0.05) is 5.56 Å². The number of nitrogens with two attached hydrogens (primary N) is 1. The smallest absolute Gasteiger partial charge is 0.397 e. The Labute approximate surface area is 209 Å². The van der Waals surface area contributed by atoms with E-state index >= 15 is 0 Å². The van der Waals surface area contributed by atoms with E-state index in [-0.39, 0.29) is 50.5 Å². The van der Waals surface area contributed by atoms with Gasteiger partial charge in [0.1, 0.15) is 11.4 Å². The Morgan fingerprint density at radius 2 is 1.59 bits per heavy atom. The molecule has 0 unspecified atom stereocenters. The number of anilines is 1. The largest absolute Gasteiger partial charge is 0.416 e. The van der Waals surface area contributed by atoms with Crippen LogP contribution in [0.2, 0.25) is 5.02 Å². The predicted octanol–water partition coefficient (Wildman–Crippen LogP) is 5.60. The number of aromatic nitrogens is 5. The van der Waals surface area contributed by atoms with E-state index < -0.39 is 35.8 Å². The molecule has 0 fully saturated rings. The normalized spacial score (nSPS) is 12.1. The molecule has 14 heteroatoms. The van der Waals surface area contributed by atoms with Crippen molar-refractivity contribution in [3.63, 3.8) is 0 Å². The molecule has 0 aliphatic carbocycles. The molecule has 0 atom stereocenters. The second kappa shape index (κ2) is 9.47. The van der Waals surface area contributed by atoms with E-state index in [4.69, 9.17) is 17.3 Å². The number of benzene rings is 2. The predicted molar refractivity (Wildman–Crippen MR) is 121 cm³/mol. The van der Waals surface area contributed by atoms with Crippen molar-refractivity contribution < 1.29 is 31.1 Å². The molecule has 0 bridgehead atoms. The fourth-order valence-corrected chi connectivity index (χ4v) is 3.82. The van der Waals surface area contributed by atoms with Crippen molar-refractivity contribution >= 4 is 23.1 Å². The van der Waals surface area contributed by atoms with E-state index in [0.29, 0.717) is 12.1 Å².